The molecule has 0 atom stereocenters. The van der Waals surface area contributed by atoms with Gasteiger partial charge in [-0.2, -0.15) is 0 Å². The van der Waals surface area contributed by atoms with E-state index in [-0.39, 0.29) is 0 Å². The number of nitrogens with zero attached hydrogens (tertiary/aromatic N) is 3. The lowest BCUT2D eigenvalue weighted by atomic mass is 10.1. The number of hydrogen-bond donors (Lipinski definition) is 6. The molecule has 0 amide bonds. The molecule has 2 aliphatic rings. The minimum atomic E-state index is 0.403. The van der Waals surface area contributed by atoms with E-state index in [1.54, 1.807) is 36.7 Å². The number of nitrogens with two attached hydrogens (primary N) is 2. The van der Waals surface area contributed by atoms with Crippen molar-refractivity contribution in [1.82, 2.24) is 24.9 Å². The first-order valence-corrected chi connectivity index (χ1v) is 12.2. The zero-order valence-electron chi connectivity index (χ0n) is 21.0. The van der Waals surface area contributed by atoms with Crippen LogP contribution in [0, 0.1) is 0 Å². The Labute approximate surface area is 228 Å². The van der Waals surface area contributed by atoms with Gasteiger partial charge in [-0.25, -0.2) is 9.97 Å². The quantitative estimate of drug-likeness (QED) is 0.113. The van der Waals surface area contributed by atoms with Crippen LogP contribution in [0.15, 0.2) is 79.4 Å². The van der Waals surface area contributed by atoms with Crippen molar-refractivity contribution in [2.75, 3.05) is 22.1 Å². The summed E-state index contributed by atoms with van der Waals surface area (Å²) >= 11 is 0. The fourth-order valence-electron chi connectivity index (χ4n) is 4.53. The van der Waals surface area contributed by atoms with E-state index in [0.29, 0.717) is 68.3 Å². The highest BCUT2D eigenvalue weighted by Crippen LogP contribution is 2.37. The van der Waals surface area contributed by atoms with Crippen LogP contribution in [0.5, 0.6) is 0 Å². The summed E-state index contributed by atoms with van der Waals surface area (Å²) in [5.74, 6) is 1.74. The van der Waals surface area contributed by atoms with Gasteiger partial charge in [0, 0.05) is 57.4 Å². The fourth-order valence-corrected chi connectivity index (χ4v) is 4.53. The van der Waals surface area contributed by atoms with E-state index in [1.807, 2.05) is 36.4 Å². The number of aromatic nitrogens is 5. The zero-order chi connectivity index (χ0) is 27.6. The number of fused-ring (bicyclic) bond motifs is 1. The number of carbonyl (C=O) groups excluding carboxylic acids is 2. The van der Waals surface area contributed by atoms with E-state index in [1.165, 1.54) is 6.33 Å². The van der Waals surface area contributed by atoms with E-state index in [0.717, 1.165) is 23.7 Å². The smallest absolute Gasteiger partial charge is 0.153 e. The van der Waals surface area contributed by atoms with Crippen LogP contribution in [0.1, 0.15) is 20.7 Å². The predicted molar refractivity (Wildman–Crippen MR) is 155 cm³/mol. The number of H-pyrrole nitrogens is 2. The van der Waals surface area contributed by atoms with Gasteiger partial charge >= 0.3 is 0 Å². The predicted octanol–water partition coefficient (Wildman–Crippen LogP) is 5.24. The zero-order valence-corrected chi connectivity index (χ0v) is 21.0. The van der Waals surface area contributed by atoms with Gasteiger partial charge in [0.05, 0.1) is 11.1 Å². The molecule has 0 spiro atoms. The number of hydrogen-bond acceptors (Lipinski definition) is 9. The molecule has 2 aromatic heterocycles. The van der Waals surface area contributed by atoms with E-state index in [9.17, 15) is 9.59 Å². The summed E-state index contributed by atoms with van der Waals surface area (Å²) in [6, 6.07) is 18.2. The summed E-state index contributed by atoms with van der Waals surface area (Å²) in [5, 5.41) is 6.41. The third-order valence-corrected chi connectivity index (χ3v) is 6.52. The molecule has 11 heteroatoms. The second-order valence-electron chi connectivity index (χ2n) is 8.99. The Morgan fingerprint density at radius 2 is 1.10 bits per heavy atom. The van der Waals surface area contributed by atoms with Gasteiger partial charge < -0.3 is 32.1 Å². The van der Waals surface area contributed by atoms with Crippen LogP contribution < -0.4 is 22.1 Å². The largest absolute Gasteiger partial charge is 0.398 e. The molecule has 4 heterocycles. The summed E-state index contributed by atoms with van der Waals surface area (Å²) in [5.41, 5.74) is 18.4. The maximum atomic E-state index is 11.9. The number of aldehydes is 2. The first kappa shape index (κ1) is 24.4. The van der Waals surface area contributed by atoms with E-state index < -0.39 is 0 Å². The molecular weight excluding hydrogens is 506 g/mol. The van der Waals surface area contributed by atoms with E-state index in [2.05, 4.69) is 35.6 Å². The SMILES string of the molecule is Nc1ccccc1-c1cc(C=O)c(Nc2ncnc(Nc3[nH]c(-c4ccccc4N)cc3C=O)c3cncc2-3)[nH]1. The highest BCUT2D eigenvalue weighted by atomic mass is 16.1. The lowest BCUT2D eigenvalue weighted by Gasteiger charge is -2.08. The maximum Gasteiger partial charge on any atom is 0.153 e. The Bertz CT molecular complexity index is 1710. The van der Waals surface area contributed by atoms with Crippen molar-refractivity contribution in [1.29, 1.82) is 0 Å². The molecule has 196 valence electrons. The minimum absolute atomic E-state index is 0.403. The van der Waals surface area contributed by atoms with Gasteiger partial charge in [-0.05, 0) is 24.3 Å². The average molecular weight is 530 g/mol. The average Bonchev–Trinajstić information content (AvgIpc) is 3.68. The van der Waals surface area contributed by atoms with Crippen LogP contribution in [0.2, 0.25) is 0 Å². The van der Waals surface area contributed by atoms with Crippen molar-refractivity contribution in [2.45, 2.75) is 0 Å². The molecule has 2 aromatic carbocycles. The summed E-state index contributed by atoms with van der Waals surface area (Å²) in [4.78, 5) is 43.4. The Kier molecular flexibility index (Phi) is 6.13. The van der Waals surface area contributed by atoms with Crippen molar-refractivity contribution in [3.63, 3.8) is 0 Å². The summed E-state index contributed by atoms with van der Waals surface area (Å²) in [7, 11) is 0. The van der Waals surface area contributed by atoms with Gasteiger partial charge in [0.1, 0.15) is 29.6 Å². The molecule has 6 rings (SSSR count). The summed E-state index contributed by atoms with van der Waals surface area (Å²) in [6.45, 7) is 0. The molecule has 0 aliphatic carbocycles. The topological polar surface area (TPSA) is 180 Å². The number of para-hydroxylation sites is 2. The van der Waals surface area contributed by atoms with Crippen molar-refractivity contribution in [3.8, 4) is 33.6 Å². The number of rotatable bonds is 8. The Morgan fingerprint density at radius 3 is 1.52 bits per heavy atom. The first-order chi connectivity index (χ1) is 19.6. The number of anilines is 6. The van der Waals surface area contributed by atoms with Crippen LogP contribution in [0.25, 0.3) is 33.6 Å². The van der Waals surface area contributed by atoms with Gasteiger partial charge in [0.15, 0.2) is 12.6 Å². The minimum Gasteiger partial charge on any atom is -0.398 e. The standard InChI is InChI=1S/C29H23N9O2/c30-22-7-3-1-5-18(22)24-9-16(13-39)26(35-24)37-28-20-11-32-12-21(20)29(34-15-33-28)38-27-17(14-40)10-25(36-27)19-6-2-4-8-23(19)31/h1-15,35-36H,30-31H2,(H2,33,34,37,38). The first-order valence-electron chi connectivity index (χ1n) is 12.2. The van der Waals surface area contributed by atoms with Gasteiger partial charge in [-0.15, -0.1) is 0 Å². The summed E-state index contributed by atoms with van der Waals surface area (Å²) in [6.07, 6.45) is 6.16. The Morgan fingerprint density at radius 1 is 0.650 bits per heavy atom. The van der Waals surface area contributed by atoms with Gasteiger partial charge in [-0.1, -0.05) is 36.4 Å². The molecule has 0 saturated carbocycles. The highest BCUT2D eigenvalue weighted by molar-refractivity contribution is 5.94. The third-order valence-electron chi connectivity index (χ3n) is 6.52. The second-order valence-corrected chi connectivity index (χ2v) is 8.99. The summed E-state index contributed by atoms with van der Waals surface area (Å²) < 4.78 is 0. The number of nitrogens with one attached hydrogen (secondary N) is 4. The number of nitrogen functional groups attached to an aromatic ring is 2. The van der Waals surface area contributed by atoms with E-state index >= 15 is 0 Å². The number of aromatic amines is 2. The van der Waals surface area contributed by atoms with Crippen molar-refractivity contribution >= 4 is 47.2 Å². The van der Waals surface area contributed by atoms with Gasteiger partial charge in [0.2, 0.25) is 0 Å². The Balaban J connectivity index is 1.33. The Hall–Kier alpha value is -5.97. The third kappa shape index (κ3) is 4.37. The van der Waals surface area contributed by atoms with Crippen LogP contribution in [-0.2, 0) is 0 Å². The van der Waals surface area contributed by atoms with E-state index in [4.69, 9.17) is 11.5 Å². The lowest BCUT2D eigenvalue weighted by molar-refractivity contribution is 0.111. The molecular formula is C29H23N9O2. The molecule has 0 unspecified atom stereocenters. The van der Waals surface area contributed by atoms with Gasteiger partial charge in [-0.3, -0.25) is 14.6 Å². The maximum absolute atomic E-state index is 11.9. The molecule has 40 heavy (non-hydrogen) atoms. The fraction of sp³-hybridized carbons (Fsp3) is 0. The van der Waals surface area contributed by atoms with Crippen LogP contribution >= 0.6 is 0 Å². The van der Waals surface area contributed by atoms with Crippen molar-refractivity contribution in [2.24, 2.45) is 0 Å². The number of carbonyl (C=O) groups is 2. The molecule has 0 saturated heterocycles. The number of benzene rings is 2. The molecule has 0 radical (unpaired) electrons. The second kappa shape index (κ2) is 10.1. The molecule has 11 nitrogen and oxygen atoms in total. The lowest BCUT2D eigenvalue weighted by Crippen LogP contribution is -1.98. The van der Waals surface area contributed by atoms with Crippen LogP contribution in [0.4, 0.5) is 34.6 Å². The molecule has 0 fully saturated rings. The molecule has 8 N–H and O–H groups in total. The van der Waals surface area contributed by atoms with Gasteiger partial charge in [0.25, 0.3) is 0 Å². The highest BCUT2D eigenvalue weighted by Gasteiger charge is 2.19. The van der Waals surface area contributed by atoms with Crippen molar-refractivity contribution in [3.05, 3.63) is 90.5 Å². The van der Waals surface area contributed by atoms with Crippen LogP contribution in [-0.4, -0.2) is 37.5 Å². The normalized spacial score (nSPS) is 10.9. The molecule has 0 bridgehead atoms. The molecule has 4 aromatic rings. The molecule has 2 aliphatic heterocycles. The van der Waals surface area contributed by atoms with Crippen LogP contribution in [0.3, 0.4) is 0 Å². The van der Waals surface area contributed by atoms with Crippen molar-refractivity contribution < 1.29 is 9.59 Å². The monoisotopic (exact) mass is 529 g/mol.